The van der Waals surface area contributed by atoms with Gasteiger partial charge in [0.05, 0.1) is 7.27 Å². The van der Waals surface area contributed by atoms with E-state index in [2.05, 4.69) is 292 Å². The zero-order valence-corrected chi connectivity index (χ0v) is 56.5. The Bertz CT molecular complexity index is 2590. The van der Waals surface area contributed by atoms with Gasteiger partial charge in [-0.3, -0.25) is 14.0 Å². The molecule has 2 saturated carbocycles. The zero-order chi connectivity index (χ0) is 58.9. The Morgan fingerprint density at radius 2 is 0.583 bits per heavy atom. The van der Waals surface area contributed by atoms with Gasteiger partial charge >= 0.3 is 0 Å². The van der Waals surface area contributed by atoms with Crippen molar-refractivity contribution in [1.82, 2.24) is 30.0 Å². The summed E-state index contributed by atoms with van der Waals surface area (Å²) in [6.45, 7) is 13.0. The quantitative estimate of drug-likeness (QED) is 0.0702. The first-order chi connectivity index (χ1) is 40.8. The van der Waals surface area contributed by atoms with Crippen LogP contribution in [-0.2, 0) is 0 Å². The fourth-order valence-electron chi connectivity index (χ4n) is 11.0. The molecule has 0 bridgehead atoms. The molecule has 3 N–H and O–H groups in total. The van der Waals surface area contributed by atoms with Crippen molar-refractivity contribution in [3.05, 3.63) is 243 Å². The maximum atomic E-state index is 6.40. The molecular formula is C72H96Cl2N6P4. The van der Waals surface area contributed by atoms with Gasteiger partial charge < -0.3 is 16.0 Å². The van der Waals surface area contributed by atoms with Crippen molar-refractivity contribution in [3.8, 4) is 0 Å². The summed E-state index contributed by atoms with van der Waals surface area (Å²) < 4.78 is 8.04. The third-order valence-electron chi connectivity index (χ3n) is 15.3. The minimum atomic E-state index is -0.699. The summed E-state index contributed by atoms with van der Waals surface area (Å²) in [5, 5.41) is 20.8. The molecule has 2 aliphatic carbocycles. The van der Waals surface area contributed by atoms with E-state index in [9.17, 15) is 0 Å². The van der Waals surface area contributed by atoms with Crippen LogP contribution in [0.1, 0.15) is 79.1 Å². The average Bonchev–Trinajstić information content (AvgIpc) is 3.76. The number of nitrogens with zero attached hydrogens (tertiary/aromatic N) is 3. The molecule has 6 nitrogen and oxygen atoms in total. The van der Waals surface area contributed by atoms with Crippen molar-refractivity contribution in [1.29, 1.82) is 0 Å². The van der Waals surface area contributed by atoms with Crippen LogP contribution in [0.4, 0.5) is 0 Å². The summed E-state index contributed by atoms with van der Waals surface area (Å²) in [6, 6.07) is 89.1. The van der Waals surface area contributed by atoms with Crippen LogP contribution < -0.4 is 58.4 Å². The molecule has 12 heteroatoms. The number of likely N-dealkylation sites (N-methyl/N-ethyl adjacent to an activating group) is 4. The van der Waals surface area contributed by atoms with Gasteiger partial charge in [-0.05, 0) is 122 Å². The number of rotatable bonds is 19. The van der Waals surface area contributed by atoms with Crippen LogP contribution >= 0.6 is 55.1 Å². The van der Waals surface area contributed by atoms with E-state index in [-0.39, 0.29) is 20.5 Å². The fourth-order valence-corrected chi connectivity index (χ4v) is 20.3. The Kier molecular flexibility index (Phi) is 34.5. The Balaban J connectivity index is 0.000000223. The summed E-state index contributed by atoms with van der Waals surface area (Å²) in [4.78, 5) is 0. The van der Waals surface area contributed by atoms with E-state index in [0.717, 1.165) is 26.2 Å². The van der Waals surface area contributed by atoms with Gasteiger partial charge in [-0.2, -0.15) is 0 Å². The van der Waals surface area contributed by atoms with Crippen molar-refractivity contribution in [2.24, 2.45) is 0 Å². The molecule has 10 rings (SSSR count). The number of halogens is 2. The normalized spacial score (nSPS) is 16.5. The molecule has 0 aromatic heterocycles. The van der Waals surface area contributed by atoms with Gasteiger partial charge in [-0.25, -0.2) is 0 Å². The van der Waals surface area contributed by atoms with E-state index in [0.29, 0.717) is 24.2 Å². The highest BCUT2D eigenvalue weighted by Crippen LogP contribution is 2.47. The summed E-state index contributed by atoms with van der Waals surface area (Å²) in [5.74, 6) is 0. The van der Waals surface area contributed by atoms with Gasteiger partial charge in [0.25, 0.3) is 0 Å². The Morgan fingerprint density at radius 1 is 0.357 bits per heavy atom. The molecule has 4 unspecified atom stereocenters. The summed E-state index contributed by atoms with van der Waals surface area (Å²) >= 11 is 6.40. The van der Waals surface area contributed by atoms with Crippen LogP contribution in [0, 0.1) is 0 Å². The molecule has 0 heterocycles. The maximum absolute atomic E-state index is 6.40. The molecule has 0 spiro atoms. The van der Waals surface area contributed by atoms with Gasteiger partial charge in [-0.1, -0.05) is 307 Å². The lowest BCUT2D eigenvalue weighted by Crippen LogP contribution is -2.50. The second-order valence-electron chi connectivity index (χ2n) is 20.6. The second kappa shape index (κ2) is 41.1. The average molecular weight is 1240 g/mol. The monoisotopic (exact) mass is 1240 g/mol. The van der Waals surface area contributed by atoms with Gasteiger partial charge in [0.2, 0.25) is 0 Å². The molecule has 8 aromatic rings. The highest BCUT2D eigenvalue weighted by Gasteiger charge is 2.38. The van der Waals surface area contributed by atoms with Crippen LogP contribution in [0.15, 0.2) is 243 Å². The van der Waals surface area contributed by atoms with E-state index < -0.39 is 23.4 Å². The van der Waals surface area contributed by atoms with Gasteiger partial charge in [0.1, 0.15) is 0 Å². The first-order valence-corrected chi connectivity index (χ1v) is 36.4. The summed E-state index contributed by atoms with van der Waals surface area (Å²) in [6.07, 6.45) is 10.6. The Hall–Kier alpha value is -4.18. The predicted molar refractivity (Wildman–Crippen MR) is 382 cm³/mol. The van der Waals surface area contributed by atoms with Crippen LogP contribution in [0.3, 0.4) is 0 Å². The summed E-state index contributed by atoms with van der Waals surface area (Å²) in [5.41, 5.74) is 0. The van der Waals surface area contributed by atoms with Gasteiger partial charge in [0, 0.05) is 48.4 Å². The molecule has 4 atom stereocenters. The van der Waals surface area contributed by atoms with Crippen LogP contribution in [-0.4, -0.2) is 92.5 Å². The molecule has 84 heavy (non-hydrogen) atoms. The molecule has 8 aromatic carbocycles. The lowest BCUT2D eigenvalue weighted by atomic mass is 9.90. The third kappa shape index (κ3) is 22.2. The highest BCUT2D eigenvalue weighted by atomic mass is 35.7. The van der Waals surface area contributed by atoms with E-state index in [4.69, 9.17) is 11.2 Å². The number of benzene rings is 8. The van der Waals surface area contributed by atoms with Gasteiger partial charge in [-0.15, -0.1) is 12.4 Å². The van der Waals surface area contributed by atoms with Crippen LogP contribution in [0.5, 0.6) is 0 Å². The third-order valence-corrected chi connectivity index (χ3v) is 25.7. The van der Waals surface area contributed by atoms with Crippen molar-refractivity contribution in [3.63, 3.8) is 0 Å². The molecule has 2 fully saturated rings. The minimum Gasteiger partial charge on any atom is -0.317 e. The van der Waals surface area contributed by atoms with Crippen molar-refractivity contribution in [2.45, 2.75) is 103 Å². The van der Waals surface area contributed by atoms with Crippen molar-refractivity contribution < 1.29 is 0 Å². The molecule has 0 aliphatic heterocycles. The molecule has 2 aliphatic rings. The predicted octanol–water partition coefficient (Wildman–Crippen LogP) is 14.7. The molecule has 0 saturated heterocycles. The van der Waals surface area contributed by atoms with Crippen LogP contribution in [0.2, 0.25) is 0 Å². The highest BCUT2D eigenvalue weighted by molar-refractivity contribution is 7.95. The van der Waals surface area contributed by atoms with E-state index in [1.807, 2.05) is 36.4 Å². The first-order valence-electron chi connectivity index (χ1n) is 30.3. The standard InChI is InChI=1S/C32H36N2P2.C16H20NP.C12H10ClP.C8H18N2.C4H11N.ClH/c1-33(35(27-17-7-3-8-18-27)28-19-9-4-10-20-28)31-25-15-16-26-32(31)34(2)36(29-21-11-5-12-22-29)30-23-13-6-14-24-30;1-3-17(4-2)18(15-11-7-5-8-12-15)16-13-9-6-10-14-16;13-14(11-7-3-1-4-8-11)12-9-5-2-6-10-12;1-9-7-5-3-4-6-8(7)10-2;1-3-5-4-2;/h3-14,17-24,31-32H,15-16,25-26H2,1-2H3;5-14H,3-4H2,1-2H3;1-10H;7-10H,3-6H2,1-2H3;5H,3-4H2,1-2H3;1H. The van der Waals surface area contributed by atoms with E-state index >= 15 is 0 Å². The number of hydrogen-bond acceptors (Lipinski definition) is 6. The zero-order valence-electron chi connectivity index (χ0n) is 51.3. The fraction of sp³-hybridized carbons (Fsp3) is 0.333. The molecular weight excluding hydrogens is 1140 g/mol. The minimum absolute atomic E-state index is 0. The Morgan fingerprint density at radius 3 is 0.798 bits per heavy atom. The van der Waals surface area contributed by atoms with E-state index in [1.54, 1.807) is 0 Å². The largest absolute Gasteiger partial charge is 0.317 e. The molecule has 448 valence electrons. The van der Waals surface area contributed by atoms with Gasteiger partial charge in [0.15, 0.2) is 0 Å². The summed E-state index contributed by atoms with van der Waals surface area (Å²) in [7, 11) is 6.60. The smallest absolute Gasteiger partial charge is 0.0524 e. The second-order valence-corrected chi connectivity index (χ2v) is 30.0. The van der Waals surface area contributed by atoms with Crippen molar-refractivity contribution >= 4 is 97.6 Å². The van der Waals surface area contributed by atoms with Crippen LogP contribution in [0.25, 0.3) is 0 Å². The molecule has 0 radical (unpaired) electrons. The lowest BCUT2D eigenvalue weighted by Gasteiger charge is -2.47. The van der Waals surface area contributed by atoms with E-state index in [1.165, 1.54) is 93.8 Å². The maximum Gasteiger partial charge on any atom is 0.0524 e. The van der Waals surface area contributed by atoms with Crippen molar-refractivity contribution in [2.75, 3.05) is 54.4 Å². The number of nitrogens with one attached hydrogen (secondary N) is 3. The first kappa shape index (κ1) is 70.6. The number of hydrogen-bond donors (Lipinski definition) is 3. The SMILES string of the molecule is CCN(CC)P(c1ccccc1)c1ccccc1.CCNCC.CN(C1CCCCC1N(C)P(c1ccccc1)c1ccccc1)P(c1ccccc1)c1ccccc1.CNC1CCCCC1NC.Cl.ClP(c1ccccc1)c1ccccc1. The topological polar surface area (TPSA) is 45.8 Å². The Labute approximate surface area is 524 Å². The molecule has 0 amide bonds. The lowest BCUT2D eigenvalue weighted by molar-refractivity contribution is 0.185.